The van der Waals surface area contributed by atoms with Gasteiger partial charge in [-0.1, -0.05) is 20.8 Å². The number of nitrogens with one attached hydrogen (secondary N) is 2. The van der Waals surface area contributed by atoms with Gasteiger partial charge in [-0.2, -0.15) is 0 Å². The van der Waals surface area contributed by atoms with Crippen LogP contribution < -0.4 is 10.6 Å². The second-order valence-electron chi connectivity index (χ2n) is 7.32. The fourth-order valence-corrected chi connectivity index (χ4v) is 2.47. The molecule has 1 aromatic rings. The quantitative estimate of drug-likeness (QED) is 0.644. The first-order valence-electron chi connectivity index (χ1n) is 8.44. The summed E-state index contributed by atoms with van der Waals surface area (Å²) in [6, 6.07) is 0. The normalized spacial score (nSPS) is 22.4. The molecule has 1 aromatic heterocycles. The molecule has 0 amide bonds. The lowest BCUT2D eigenvalue weighted by Gasteiger charge is -2.24. The van der Waals surface area contributed by atoms with Crippen LogP contribution in [0.2, 0.25) is 0 Å². The van der Waals surface area contributed by atoms with Gasteiger partial charge in [0.2, 0.25) is 5.89 Å². The topological polar surface area (TPSA) is 71.7 Å². The van der Waals surface area contributed by atoms with E-state index in [1.54, 1.807) is 6.20 Å². The predicted molar refractivity (Wildman–Crippen MR) is 91.6 cm³/mol. The molecule has 1 unspecified atom stereocenters. The Bertz CT molecular complexity index is 525. The van der Waals surface area contributed by atoms with Crippen molar-refractivity contribution in [1.29, 1.82) is 0 Å². The lowest BCUT2D eigenvalue weighted by Crippen LogP contribution is -2.45. The van der Waals surface area contributed by atoms with Crippen molar-refractivity contribution in [3.8, 4) is 0 Å². The second-order valence-corrected chi connectivity index (χ2v) is 7.32. The van der Waals surface area contributed by atoms with Crippen LogP contribution in [0.4, 0.5) is 0 Å². The third kappa shape index (κ3) is 5.23. The first-order chi connectivity index (χ1) is 10.8. The Morgan fingerprint density at radius 1 is 1.39 bits per heavy atom. The first kappa shape index (κ1) is 17.8. The van der Waals surface area contributed by atoms with Gasteiger partial charge in [0.05, 0.1) is 11.8 Å². The van der Waals surface area contributed by atoms with Gasteiger partial charge in [0.25, 0.3) is 0 Å². The lowest BCUT2D eigenvalue weighted by atomic mass is 9.94. The van der Waals surface area contributed by atoms with Gasteiger partial charge in [0.1, 0.15) is 12.3 Å². The third-order valence-electron chi connectivity index (χ3n) is 3.94. The molecule has 0 bridgehead atoms. The Kier molecular flexibility index (Phi) is 5.68. The van der Waals surface area contributed by atoms with Crippen molar-refractivity contribution in [2.75, 3.05) is 19.7 Å². The standard InChI is InChI=1S/C17H30N4O2/c1-6-18-15(21-12-17(5)8-7-9-22-17)20-11-14-19-10-13(23-14)16(2,3)4/h10H,6-9,11-12H2,1-5H3,(H2,18,20,21). The van der Waals surface area contributed by atoms with Crippen molar-refractivity contribution in [3.63, 3.8) is 0 Å². The Hall–Kier alpha value is -1.56. The number of aromatic nitrogens is 1. The molecule has 0 radical (unpaired) electrons. The fraction of sp³-hybridized carbons (Fsp3) is 0.765. The van der Waals surface area contributed by atoms with Gasteiger partial charge in [0, 0.05) is 25.1 Å². The van der Waals surface area contributed by atoms with E-state index in [1.807, 2.05) is 6.92 Å². The summed E-state index contributed by atoms with van der Waals surface area (Å²) >= 11 is 0. The van der Waals surface area contributed by atoms with Crippen LogP contribution >= 0.6 is 0 Å². The van der Waals surface area contributed by atoms with Gasteiger partial charge in [-0.05, 0) is 26.7 Å². The number of oxazole rings is 1. The number of aliphatic imine (C=N–C) groups is 1. The average molecular weight is 322 g/mol. The molecule has 0 saturated carbocycles. The van der Waals surface area contributed by atoms with Gasteiger partial charge < -0.3 is 19.8 Å². The number of ether oxygens (including phenoxy) is 1. The highest BCUT2D eigenvalue weighted by Gasteiger charge is 2.29. The number of nitrogens with zero attached hydrogens (tertiary/aromatic N) is 2. The van der Waals surface area contributed by atoms with Crippen LogP contribution in [0, 0.1) is 0 Å². The van der Waals surface area contributed by atoms with Crippen LogP contribution in [0.15, 0.2) is 15.6 Å². The molecule has 0 aromatic carbocycles. The molecule has 1 aliphatic heterocycles. The molecular weight excluding hydrogens is 292 g/mol. The minimum atomic E-state index is -0.0987. The molecule has 2 rings (SSSR count). The first-order valence-corrected chi connectivity index (χ1v) is 8.44. The Morgan fingerprint density at radius 3 is 2.74 bits per heavy atom. The summed E-state index contributed by atoms with van der Waals surface area (Å²) in [7, 11) is 0. The lowest BCUT2D eigenvalue weighted by molar-refractivity contribution is 0.0243. The van der Waals surface area contributed by atoms with Crippen LogP contribution in [0.25, 0.3) is 0 Å². The molecule has 1 fully saturated rings. The monoisotopic (exact) mass is 322 g/mol. The van der Waals surface area contributed by atoms with Crippen LogP contribution in [0.5, 0.6) is 0 Å². The highest BCUT2D eigenvalue weighted by Crippen LogP contribution is 2.24. The molecule has 23 heavy (non-hydrogen) atoms. The Labute approximate surface area is 139 Å². The molecule has 2 heterocycles. The number of hydrogen-bond donors (Lipinski definition) is 2. The SMILES string of the molecule is CCNC(=NCc1ncc(C(C)(C)C)o1)NCC1(C)CCCO1. The van der Waals surface area contributed by atoms with E-state index < -0.39 is 0 Å². The smallest absolute Gasteiger partial charge is 0.216 e. The highest BCUT2D eigenvalue weighted by atomic mass is 16.5. The zero-order chi connectivity index (χ0) is 16.9. The molecule has 1 atom stereocenters. The van der Waals surface area contributed by atoms with Crippen molar-refractivity contribution in [2.24, 2.45) is 4.99 Å². The summed E-state index contributed by atoms with van der Waals surface area (Å²) in [4.78, 5) is 8.87. The maximum absolute atomic E-state index is 5.80. The van der Waals surface area contributed by atoms with Crippen LogP contribution in [0.1, 0.15) is 59.1 Å². The summed E-state index contributed by atoms with van der Waals surface area (Å²) in [5.74, 6) is 2.28. The molecular formula is C17H30N4O2. The molecule has 1 aliphatic rings. The summed E-state index contributed by atoms with van der Waals surface area (Å²) in [5.41, 5.74) is -0.134. The van der Waals surface area contributed by atoms with E-state index >= 15 is 0 Å². The predicted octanol–water partition coefficient (Wildman–Crippen LogP) is 2.60. The van der Waals surface area contributed by atoms with Crippen molar-refractivity contribution in [2.45, 2.75) is 65.0 Å². The molecule has 2 N–H and O–H groups in total. The van der Waals surface area contributed by atoms with Gasteiger partial charge >= 0.3 is 0 Å². The highest BCUT2D eigenvalue weighted by molar-refractivity contribution is 5.79. The minimum absolute atomic E-state index is 0.0356. The summed E-state index contributed by atoms with van der Waals surface area (Å²) in [6.07, 6.45) is 3.99. The van der Waals surface area contributed by atoms with Crippen LogP contribution in [-0.4, -0.2) is 36.2 Å². The minimum Gasteiger partial charge on any atom is -0.443 e. The maximum Gasteiger partial charge on any atom is 0.216 e. The van der Waals surface area contributed by atoms with Crippen LogP contribution in [0.3, 0.4) is 0 Å². The molecule has 1 saturated heterocycles. The van der Waals surface area contributed by atoms with Crippen LogP contribution in [-0.2, 0) is 16.7 Å². The van der Waals surface area contributed by atoms with Gasteiger partial charge in [0.15, 0.2) is 5.96 Å². The van der Waals surface area contributed by atoms with E-state index in [0.717, 1.165) is 44.3 Å². The van der Waals surface area contributed by atoms with E-state index in [0.29, 0.717) is 12.4 Å². The van der Waals surface area contributed by atoms with Gasteiger partial charge in [-0.3, -0.25) is 0 Å². The number of rotatable bonds is 5. The zero-order valence-electron chi connectivity index (χ0n) is 15.0. The van der Waals surface area contributed by atoms with E-state index in [1.165, 1.54) is 0 Å². The van der Waals surface area contributed by atoms with Crippen molar-refractivity contribution in [1.82, 2.24) is 15.6 Å². The molecule has 0 spiro atoms. The maximum atomic E-state index is 5.80. The Balaban J connectivity index is 1.94. The molecule has 6 nitrogen and oxygen atoms in total. The average Bonchev–Trinajstić information content (AvgIpc) is 3.11. The summed E-state index contributed by atoms with van der Waals surface area (Å²) < 4.78 is 11.6. The molecule has 0 aliphatic carbocycles. The van der Waals surface area contributed by atoms with E-state index in [9.17, 15) is 0 Å². The van der Waals surface area contributed by atoms with Gasteiger partial charge in [-0.15, -0.1) is 0 Å². The summed E-state index contributed by atoms with van der Waals surface area (Å²) in [6.45, 7) is 13.3. The van der Waals surface area contributed by atoms with E-state index in [2.05, 4.69) is 48.3 Å². The molecule has 6 heteroatoms. The number of hydrogen-bond acceptors (Lipinski definition) is 4. The fourth-order valence-electron chi connectivity index (χ4n) is 2.47. The van der Waals surface area contributed by atoms with Crippen molar-refractivity contribution >= 4 is 5.96 Å². The van der Waals surface area contributed by atoms with E-state index in [4.69, 9.17) is 9.15 Å². The summed E-state index contributed by atoms with van der Waals surface area (Å²) in [5, 5.41) is 6.60. The largest absolute Gasteiger partial charge is 0.443 e. The van der Waals surface area contributed by atoms with Crippen molar-refractivity contribution in [3.05, 3.63) is 17.8 Å². The van der Waals surface area contributed by atoms with Gasteiger partial charge in [-0.25, -0.2) is 9.98 Å². The second kappa shape index (κ2) is 7.34. The Morgan fingerprint density at radius 2 is 2.17 bits per heavy atom. The van der Waals surface area contributed by atoms with E-state index in [-0.39, 0.29) is 11.0 Å². The molecule has 130 valence electrons. The van der Waals surface area contributed by atoms with Crippen molar-refractivity contribution < 1.29 is 9.15 Å². The zero-order valence-corrected chi connectivity index (χ0v) is 15.0. The number of guanidine groups is 1. The third-order valence-corrected chi connectivity index (χ3v) is 3.94.